The lowest BCUT2D eigenvalue weighted by Gasteiger charge is -2.43. The van der Waals surface area contributed by atoms with Gasteiger partial charge in [-0.05, 0) is 128 Å². The SMILES string of the molecule is CC(C)(C)c1ccc(N(c2ccc(C(C)(C)C)cc2)c2cc3c4c(c2)-n2c5ccc6ccccc6c5c5cccc(c52)B4N(c2cccc4sc5ccccc5c24)c2ccc4sc5ccccc5c4c2-3)cc1. The van der Waals surface area contributed by atoms with Gasteiger partial charge in [-0.3, -0.25) is 0 Å². The second-order valence-electron chi connectivity index (χ2n) is 22.1. The third-order valence-electron chi connectivity index (χ3n) is 15.8. The van der Waals surface area contributed by atoms with Crippen LogP contribution in [0.5, 0.6) is 0 Å². The Kier molecular flexibility index (Phi) is 8.74. The Bertz CT molecular complexity index is 4370. The minimum absolute atomic E-state index is 0.0189. The van der Waals surface area contributed by atoms with E-state index in [1.165, 1.54) is 123 Å². The zero-order valence-corrected chi connectivity index (χ0v) is 42.8. The van der Waals surface area contributed by atoms with Crippen LogP contribution in [0, 0.1) is 0 Å². The number of thiophene rings is 2. The lowest BCUT2D eigenvalue weighted by atomic mass is 9.43. The van der Waals surface area contributed by atoms with E-state index in [9.17, 15) is 0 Å². The number of anilines is 5. The van der Waals surface area contributed by atoms with Gasteiger partial charge in [0.25, 0.3) is 0 Å². The highest BCUT2D eigenvalue weighted by molar-refractivity contribution is 7.26. The fraction of sp³-hybridized carbons (Fsp3) is 0.121. The van der Waals surface area contributed by atoms with Crippen LogP contribution in [0.2, 0.25) is 0 Å². The molecule has 0 saturated heterocycles. The fourth-order valence-corrected chi connectivity index (χ4v) is 14.7. The van der Waals surface area contributed by atoms with Crippen molar-refractivity contribution in [2.24, 2.45) is 0 Å². The highest BCUT2D eigenvalue weighted by Gasteiger charge is 2.46. The topological polar surface area (TPSA) is 11.4 Å². The van der Waals surface area contributed by atoms with Gasteiger partial charge in [0.2, 0.25) is 0 Å². The Morgan fingerprint density at radius 1 is 0.431 bits per heavy atom. The van der Waals surface area contributed by atoms with E-state index in [4.69, 9.17) is 0 Å². The van der Waals surface area contributed by atoms with Crippen LogP contribution in [-0.2, 0) is 10.8 Å². The average Bonchev–Trinajstić information content (AvgIpc) is 4.09. The smallest absolute Gasteiger partial charge is 0.333 e. The summed E-state index contributed by atoms with van der Waals surface area (Å²) in [4.78, 5) is 5.26. The first-order valence-electron chi connectivity index (χ1n) is 25.3. The molecule has 3 nitrogen and oxygen atoms in total. The molecular formula is C66H50BN3S2. The van der Waals surface area contributed by atoms with Crippen molar-refractivity contribution in [3.05, 3.63) is 205 Å². The van der Waals surface area contributed by atoms with Gasteiger partial charge in [0.05, 0.1) is 11.0 Å². The second-order valence-corrected chi connectivity index (χ2v) is 24.2. The normalized spacial score (nSPS) is 13.4. The highest BCUT2D eigenvalue weighted by Crippen LogP contribution is 2.54. The lowest BCUT2D eigenvalue weighted by Crippen LogP contribution is -2.60. The van der Waals surface area contributed by atoms with E-state index in [0.29, 0.717) is 0 Å². The van der Waals surface area contributed by atoms with Crippen molar-refractivity contribution in [2.45, 2.75) is 52.4 Å². The minimum Gasteiger partial charge on any atom is -0.376 e. The lowest BCUT2D eigenvalue weighted by molar-refractivity contribution is 0.590. The summed E-state index contributed by atoms with van der Waals surface area (Å²) < 4.78 is 7.87. The molecule has 5 heterocycles. The first-order chi connectivity index (χ1) is 35.0. The van der Waals surface area contributed by atoms with Gasteiger partial charge in [-0.2, -0.15) is 0 Å². The van der Waals surface area contributed by atoms with Gasteiger partial charge in [-0.15, -0.1) is 22.7 Å². The van der Waals surface area contributed by atoms with E-state index in [-0.39, 0.29) is 17.7 Å². The van der Waals surface area contributed by atoms with Crippen LogP contribution in [0.3, 0.4) is 0 Å². The molecule has 0 spiro atoms. The van der Waals surface area contributed by atoms with Crippen LogP contribution < -0.4 is 20.6 Å². The number of aromatic nitrogens is 1. The van der Waals surface area contributed by atoms with E-state index < -0.39 is 0 Å². The van der Waals surface area contributed by atoms with E-state index in [0.717, 1.165) is 17.1 Å². The molecule has 6 heteroatoms. The molecule has 0 atom stereocenters. The maximum absolute atomic E-state index is 2.75. The molecule has 2 aliphatic rings. The van der Waals surface area contributed by atoms with Gasteiger partial charge in [0.15, 0.2) is 0 Å². The molecule has 344 valence electrons. The van der Waals surface area contributed by atoms with Crippen molar-refractivity contribution in [3.8, 4) is 16.8 Å². The summed E-state index contributed by atoms with van der Waals surface area (Å²) in [6, 6.07) is 74.4. The molecule has 0 unspecified atom stereocenters. The second kappa shape index (κ2) is 15.0. The molecule has 2 aliphatic heterocycles. The van der Waals surface area contributed by atoms with Crippen LogP contribution in [0.15, 0.2) is 194 Å². The number of benzene rings is 10. The largest absolute Gasteiger partial charge is 0.376 e. The summed E-state index contributed by atoms with van der Waals surface area (Å²) in [7, 11) is 0. The highest BCUT2D eigenvalue weighted by atomic mass is 32.1. The van der Waals surface area contributed by atoms with Crippen LogP contribution in [0.4, 0.5) is 28.4 Å². The number of hydrogen-bond donors (Lipinski definition) is 0. The monoisotopic (exact) mass is 959 g/mol. The van der Waals surface area contributed by atoms with Crippen molar-refractivity contribution in [3.63, 3.8) is 0 Å². The van der Waals surface area contributed by atoms with Crippen molar-refractivity contribution >= 4 is 142 Å². The van der Waals surface area contributed by atoms with Gasteiger partial charge in [0.1, 0.15) is 0 Å². The van der Waals surface area contributed by atoms with Crippen LogP contribution in [0.1, 0.15) is 52.7 Å². The first-order valence-corrected chi connectivity index (χ1v) is 26.9. The summed E-state index contributed by atoms with van der Waals surface area (Å²) in [6.07, 6.45) is 0. The Hall–Kier alpha value is -7.64. The van der Waals surface area contributed by atoms with E-state index in [2.05, 4.69) is 250 Å². The Morgan fingerprint density at radius 2 is 1.01 bits per heavy atom. The maximum atomic E-state index is 2.75. The minimum atomic E-state index is -0.138. The van der Waals surface area contributed by atoms with Crippen LogP contribution in [-0.4, -0.2) is 11.4 Å². The van der Waals surface area contributed by atoms with Gasteiger partial charge >= 0.3 is 6.85 Å². The molecule has 3 aromatic heterocycles. The predicted molar refractivity (Wildman–Crippen MR) is 315 cm³/mol. The van der Waals surface area contributed by atoms with Crippen LogP contribution >= 0.6 is 22.7 Å². The van der Waals surface area contributed by atoms with E-state index >= 15 is 0 Å². The predicted octanol–water partition coefficient (Wildman–Crippen LogP) is 18.0. The van der Waals surface area contributed by atoms with Gasteiger partial charge < -0.3 is 14.3 Å². The molecule has 0 saturated carbocycles. The van der Waals surface area contributed by atoms with Crippen molar-refractivity contribution in [1.82, 2.24) is 4.57 Å². The standard InChI is InChI=1S/C66H50BN3S2/c1-65(2,3)40-26-30-42(31-27-40)68(43-32-28-41(29-33-43)66(4,5)6)44-37-49-61-53(35-36-58-62(61)47-18-10-12-23-56(47)72-58)70(52-21-14-24-57-60(52)46-17-9-11-22-55(46)71-57)67-50-20-13-19-48-59-45-16-8-7-15-39(45)25-34-51(59)69(64(48)50)54(38-44)63(49)67/h7-38H,1-6H3. The molecule has 0 aliphatic carbocycles. The third-order valence-corrected chi connectivity index (χ3v) is 18.1. The summed E-state index contributed by atoms with van der Waals surface area (Å²) >= 11 is 3.80. The Morgan fingerprint density at radius 3 is 1.69 bits per heavy atom. The number of nitrogens with zero attached hydrogens (tertiary/aromatic N) is 3. The molecular weight excluding hydrogens is 910 g/mol. The first kappa shape index (κ1) is 42.1. The maximum Gasteiger partial charge on any atom is 0.333 e. The number of para-hydroxylation sites is 1. The van der Waals surface area contributed by atoms with Crippen molar-refractivity contribution in [1.29, 1.82) is 0 Å². The van der Waals surface area contributed by atoms with E-state index in [1.54, 1.807) is 0 Å². The van der Waals surface area contributed by atoms with Crippen molar-refractivity contribution < 1.29 is 0 Å². The quantitative estimate of drug-likeness (QED) is 0.163. The molecule has 0 bridgehead atoms. The summed E-state index contributed by atoms with van der Waals surface area (Å²) in [6.45, 7) is 13.7. The van der Waals surface area contributed by atoms with Gasteiger partial charge in [0, 0.05) is 90.8 Å². The molecule has 0 fully saturated rings. The molecule has 10 aromatic carbocycles. The summed E-state index contributed by atoms with van der Waals surface area (Å²) in [5.41, 5.74) is 17.5. The Balaban J connectivity index is 1.13. The van der Waals surface area contributed by atoms with Gasteiger partial charge in [-0.1, -0.05) is 157 Å². The zero-order valence-electron chi connectivity index (χ0n) is 41.2. The number of fused-ring (bicyclic) bond motifs is 16. The van der Waals surface area contributed by atoms with Crippen molar-refractivity contribution in [2.75, 3.05) is 9.71 Å². The number of rotatable bonds is 4. The molecule has 0 amide bonds. The Labute approximate surface area is 427 Å². The van der Waals surface area contributed by atoms with Crippen LogP contribution in [0.25, 0.3) is 89.7 Å². The fourth-order valence-electron chi connectivity index (χ4n) is 12.5. The molecule has 0 N–H and O–H groups in total. The van der Waals surface area contributed by atoms with E-state index in [1.807, 2.05) is 22.7 Å². The van der Waals surface area contributed by atoms with Gasteiger partial charge in [-0.25, -0.2) is 0 Å². The zero-order chi connectivity index (χ0) is 48.4. The molecule has 13 aromatic rings. The number of hydrogen-bond acceptors (Lipinski definition) is 4. The molecule has 72 heavy (non-hydrogen) atoms. The summed E-state index contributed by atoms with van der Waals surface area (Å²) in [5.74, 6) is 0. The third kappa shape index (κ3) is 5.91. The summed E-state index contributed by atoms with van der Waals surface area (Å²) in [5, 5.41) is 10.4. The molecule has 0 radical (unpaired) electrons. The molecule has 15 rings (SSSR count). The average molecular weight is 960 g/mol.